The minimum absolute atomic E-state index is 0.355. The molecule has 3 nitrogen and oxygen atoms in total. The number of fused-ring (bicyclic) bond motifs is 1. The van der Waals surface area contributed by atoms with Gasteiger partial charge in [-0.3, -0.25) is 4.98 Å². The molecule has 0 bridgehead atoms. The Labute approximate surface area is 69.2 Å². The van der Waals surface area contributed by atoms with Crippen LogP contribution in [-0.2, 0) is 0 Å². The maximum atomic E-state index is 8.36. The van der Waals surface area contributed by atoms with E-state index in [-0.39, 0.29) is 0 Å². The van der Waals surface area contributed by atoms with Crippen LogP contribution in [-0.4, -0.2) is 10.2 Å². The molecule has 3 heteroatoms. The van der Waals surface area contributed by atoms with E-state index in [1.165, 1.54) is 6.20 Å². The van der Waals surface area contributed by atoms with Crippen LogP contribution in [0.5, 0.6) is 5.75 Å². The number of pyridine rings is 1. The molecule has 1 aromatic carbocycles. The second-order valence-corrected chi connectivity index (χ2v) is 2.46. The monoisotopic (exact) mass is 161 g/mol. The fourth-order valence-electron chi connectivity index (χ4n) is 1.10. The lowest BCUT2D eigenvalue weighted by molar-refractivity contribution is -0.137. The van der Waals surface area contributed by atoms with Crippen LogP contribution in [0.2, 0.25) is 0 Å². The summed E-state index contributed by atoms with van der Waals surface area (Å²) in [4.78, 5) is 8.13. The van der Waals surface area contributed by atoms with Gasteiger partial charge in [0.1, 0.15) is 0 Å². The first-order valence-corrected chi connectivity index (χ1v) is 3.56. The lowest BCUT2D eigenvalue weighted by Crippen LogP contribution is -1.85. The second-order valence-electron chi connectivity index (χ2n) is 2.46. The van der Waals surface area contributed by atoms with Crippen LogP contribution >= 0.6 is 0 Å². The lowest BCUT2D eigenvalue weighted by atomic mass is 10.2. The van der Waals surface area contributed by atoms with E-state index in [4.69, 9.17) is 5.26 Å². The Bertz CT molecular complexity index is 400. The average molecular weight is 161 g/mol. The summed E-state index contributed by atoms with van der Waals surface area (Å²) in [6.07, 6.45) is 1.47. The van der Waals surface area contributed by atoms with Crippen molar-refractivity contribution >= 4 is 10.9 Å². The van der Waals surface area contributed by atoms with Crippen LogP contribution in [0, 0.1) is 0 Å². The molecule has 0 amide bonds. The zero-order chi connectivity index (χ0) is 8.39. The average Bonchev–Trinajstić information content (AvgIpc) is 2.17. The highest BCUT2D eigenvalue weighted by atomic mass is 17.1. The van der Waals surface area contributed by atoms with Gasteiger partial charge in [-0.25, -0.2) is 5.26 Å². The number of benzene rings is 1. The highest BCUT2D eigenvalue weighted by molar-refractivity contribution is 5.79. The molecular formula is C9H7NO2. The SMILES string of the molecule is OOc1cnc2ccccc2c1. The van der Waals surface area contributed by atoms with E-state index in [1.54, 1.807) is 6.07 Å². The number of nitrogens with zero attached hydrogens (tertiary/aromatic N) is 1. The molecule has 0 saturated heterocycles. The van der Waals surface area contributed by atoms with Gasteiger partial charge in [-0.05, 0) is 12.1 Å². The summed E-state index contributed by atoms with van der Waals surface area (Å²) in [5.41, 5.74) is 0.887. The molecule has 0 radical (unpaired) electrons. The molecule has 60 valence electrons. The summed E-state index contributed by atoms with van der Waals surface area (Å²) in [6.45, 7) is 0. The maximum absolute atomic E-state index is 8.36. The zero-order valence-corrected chi connectivity index (χ0v) is 6.27. The summed E-state index contributed by atoms with van der Waals surface area (Å²) in [6, 6.07) is 9.35. The third-order valence-corrected chi connectivity index (χ3v) is 1.67. The molecule has 12 heavy (non-hydrogen) atoms. The molecule has 2 rings (SSSR count). The Hall–Kier alpha value is -1.61. The number of para-hydroxylation sites is 1. The van der Waals surface area contributed by atoms with Gasteiger partial charge in [0.25, 0.3) is 0 Å². The molecule has 1 N–H and O–H groups in total. The van der Waals surface area contributed by atoms with Crippen molar-refractivity contribution in [2.75, 3.05) is 0 Å². The minimum atomic E-state index is 0.355. The van der Waals surface area contributed by atoms with E-state index in [2.05, 4.69) is 9.87 Å². The third kappa shape index (κ3) is 1.10. The molecule has 0 aliphatic heterocycles. The second kappa shape index (κ2) is 2.79. The molecule has 1 heterocycles. The molecule has 0 atom stereocenters. The van der Waals surface area contributed by atoms with Gasteiger partial charge in [0, 0.05) is 5.39 Å². The number of aromatic nitrogens is 1. The lowest BCUT2D eigenvalue weighted by Gasteiger charge is -1.97. The Morgan fingerprint density at radius 1 is 1.25 bits per heavy atom. The van der Waals surface area contributed by atoms with Crippen molar-refractivity contribution in [3.05, 3.63) is 36.5 Å². The van der Waals surface area contributed by atoms with Gasteiger partial charge in [0.05, 0.1) is 11.7 Å². The molecule has 0 unspecified atom stereocenters. The van der Waals surface area contributed by atoms with Crippen LogP contribution in [0.3, 0.4) is 0 Å². The smallest absolute Gasteiger partial charge is 0.183 e. The molecular weight excluding hydrogens is 154 g/mol. The first-order chi connectivity index (χ1) is 5.90. The first-order valence-electron chi connectivity index (χ1n) is 3.56. The van der Waals surface area contributed by atoms with E-state index in [0.29, 0.717) is 5.75 Å². The fourth-order valence-corrected chi connectivity index (χ4v) is 1.10. The predicted molar refractivity (Wildman–Crippen MR) is 45.0 cm³/mol. The minimum Gasteiger partial charge on any atom is -0.339 e. The highest BCUT2D eigenvalue weighted by Gasteiger charge is 1.96. The standard InChI is InChI=1S/C9H7NO2/c11-12-8-5-7-3-1-2-4-9(7)10-6-8/h1-6,11H. The topological polar surface area (TPSA) is 42.4 Å². The highest BCUT2D eigenvalue weighted by Crippen LogP contribution is 2.16. The molecule has 0 spiro atoms. The van der Waals surface area contributed by atoms with Crippen molar-refractivity contribution in [3.8, 4) is 5.75 Å². The summed E-state index contributed by atoms with van der Waals surface area (Å²) in [5, 5.41) is 9.31. The summed E-state index contributed by atoms with van der Waals surface area (Å²) >= 11 is 0. The van der Waals surface area contributed by atoms with E-state index < -0.39 is 0 Å². The van der Waals surface area contributed by atoms with Gasteiger partial charge < -0.3 is 4.89 Å². The van der Waals surface area contributed by atoms with Crippen molar-refractivity contribution in [2.24, 2.45) is 0 Å². The van der Waals surface area contributed by atoms with Crippen molar-refractivity contribution in [2.45, 2.75) is 0 Å². The summed E-state index contributed by atoms with van der Waals surface area (Å²) in [5.74, 6) is 0.355. The maximum Gasteiger partial charge on any atom is 0.183 e. The summed E-state index contributed by atoms with van der Waals surface area (Å²) < 4.78 is 0. The fraction of sp³-hybridized carbons (Fsp3) is 0. The number of rotatable bonds is 1. The molecule has 0 fully saturated rings. The van der Waals surface area contributed by atoms with Crippen LogP contribution in [0.4, 0.5) is 0 Å². The van der Waals surface area contributed by atoms with E-state index in [0.717, 1.165) is 10.9 Å². The van der Waals surface area contributed by atoms with Gasteiger partial charge in [-0.1, -0.05) is 18.2 Å². The molecule has 0 saturated carbocycles. The molecule has 2 aromatic rings. The zero-order valence-electron chi connectivity index (χ0n) is 6.27. The van der Waals surface area contributed by atoms with Crippen molar-refractivity contribution in [1.82, 2.24) is 4.98 Å². The number of hydrogen-bond donors (Lipinski definition) is 1. The van der Waals surface area contributed by atoms with Crippen LogP contribution in [0.1, 0.15) is 0 Å². The van der Waals surface area contributed by atoms with Gasteiger partial charge in [0.15, 0.2) is 5.75 Å². The van der Waals surface area contributed by atoms with Crippen molar-refractivity contribution in [3.63, 3.8) is 0 Å². The van der Waals surface area contributed by atoms with Crippen LogP contribution in [0.15, 0.2) is 36.5 Å². The van der Waals surface area contributed by atoms with Gasteiger partial charge in [-0.2, -0.15) is 0 Å². The van der Waals surface area contributed by atoms with E-state index in [1.807, 2.05) is 24.3 Å². The quantitative estimate of drug-likeness (QED) is 0.514. The predicted octanol–water partition coefficient (Wildman–Crippen LogP) is 2.09. The largest absolute Gasteiger partial charge is 0.339 e. The van der Waals surface area contributed by atoms with Crippen LogP contribution in [0.25, 0.3) is 10.9 Å². The van der Waals surface area contributed by atoms with Crippen molar-refractivity contribution < 1.29 is 10.1 Å². The van der Waals surface area contributed by atoms with Crippen molar-refractivity contribution in [1.29, 1.82) is 0 Å². The van der Waals surface area contributed by atoms with Gasteiger partial charge in [-0.15, -0.1) is 0 Å². The summed E-state index contributed by atoms with van der Waals surface area (Å²) in [7, 11) is 0. The molecule has 1 aromatic heterocycles. The first kappa shape index (κ1) is 7.06. The normalized spacial score (nSPS) is 10.1. The van der Waals surface area contributed by atoms with E-state index in [9.17, 15) is 0 Å². The Morgan fingerprint density at radius 2 is 2.08 bits per heavy atom. The molecule has 0 aliphatic rings. The van der Waals surface area contributed by atoms with E-state index >= 15 is 0 Å². The Balaban J connectivity index is 2.67. The van der Waals surface area contributed by atoms with Gasteiger partial charge >= 0.3 is 0 Å². The van der Waals surface area contributed by atoms with Gasteiger partial charge in [0.2, 0.25) is 0 Å². The van der Waals surface area contributed by atoms with Crippen LogP contribution < -0.4 is 4.89 Å². The Kier molecular flexibility index (Phi) is 1.64. The Morgan fingerprint density at radius 3 is 2.92 bits per heavy atom. The third-order valence-electron chi connectivity index (χ3n) is 1.67. The molecule has 0 aliphatic carbocycles. The number of hydrogen-bond acceptors (Lipinski definition) is 3.